The van der Waals surface area contributed by atoms with Crippen LogP contribution in [0, 0.1) is 0 Å². The van der Waals surface area contributed by atoms with E-state index in [9.17, 15) is 9.59 Å². The minimum atomic E-state index is -0.144. The molecule has 1 aliphatic carbocycles. The van der Waals surface area contributed by atoms with E-state index in [4.69, 9.17) is 0 Å². The number of benzene rings is 1. The summed E-state index contributed by atoms with van der Waals surface area (Å²) in [5.41, 5.74) is 1.13. The Balaban J connectivity index is 1.30. The molecule has 4 rings (SSSR count). The summed E-state index contributed by atoms with van der Waals surface area (Å²) in [6.45, 7) is 2.10. The van der Waals surface area contributed by atoms with Crippen LogP contribution in [0.25, 0.3) is 5.69 Å². The predicted molar refractivity (Wildman–Crippen MR) is 104 cm³/mol. The summed E-state index contributed by atoms with van der Waals surface area (Å²) in [5, 5.41) is 11.6. The van der Waals surface area contributed by atoms with Crippen molar-refractivity contribution in [3.05, 3.63) is 42.2 Å². The second kappa shape index (κ2) is 8.41. The van der Waals surface area contributed by atoms with E-state index in [0.29, 0.717) is 37.9 Å². The van der Waals surface area contributed by atoms with Gasteiger partial charge in [-0.1, -0.05) is 37.5 Å². The monoisotopic (exact) mass is 382 g/mol. The average molecular weight is 382 g/mol. The number of rotatable bonds is 3. The SMILES string of the molecule is O=C(NC1CCCCC1)N1CCN(C(=O)c2cnn(-c3ccccc3)n2)CC1. The topological polar surface area (TPSA) is 83.4 Å². The van der Waals surface area contributed by atoms with Crippen molar-refractivity contribution in [2.45, 2.75) is 38.1 Å². The predicted octanol–water partition coefficient (Wildman–Crippen LogP) is 2.07. The Hall–Kier alpha value is -2.90. The van der Waals surface area contributed by atoms with Crippen LogP contribution in [-0.2, 0) is 0 Å². The third-order valence-electron chi connectivity index (χ3n) is 5.48. The van der Waals surface area contributed by atoms with Crippen LogP contribution in [0.1, 0.15) is 42.6 Å². The highest BCUT2D eigenvalue weighted by atomic mass is 16.2. The van der Waals surface area contributed by atoms with Crippen LogP contribution in [0.4, 0.5) is 4.79 Å². The number of nitrogens with one attached hydrogen (secondary N) is 1. The van der Waals surface area contributed by atoms with E-state index in [1.165, 1.54) is 30.3 Å². The number of amides is 3. The first-order valence-corrected chi connectivity index (χ1v) is 10.0. The number of aromatic nitrogens is 3. The number of nitrogens with zero attached hydrogens (tertiary/aromatic N) is 5. The van der Waals surface area contributed by atoms with Gasteiger partial charge in [-0.25, -0.2) is 4.79 Å². The fraction of sp³-hybridized carbons (Fsp3) is 0.500. The maximum Gasteiger partial charge on any atom is 0.317 e. The molecule has 8 nitrogen and oxygen atoms in total. The Bertz CT molecular complexity index is 807. The van der Waals surface area contributed by atoms with Gasteiger partial charge in [-0.05, 0) is 25.0 Å². The van der Waals surface area contributed by atoms with Gasteiger partial charge in [0.15, 0.2) is 5.69 Å². The molecule has 0 unspecified atom stereocenters. The Morgan fingerprint density at radius 3 is 2.32 bits per heavy atom. The summed E-state index contributed by atoms with van der Waals surface area (Å²) in [4.78, 5) is 30.2. The number of hydrogen-bond donors (Lipinski definition) is 1. The minimum Gasteiger partial charge on any atom is -0.335 e. The molecule has 28 heavy (non-hydrogen) atoms. The maximum absolute atomic E-state index is 12.7. The molecule has 1 aliphatic heterocycles. The molecule has 1 aromatic carbocycles. The molecule has 2 aliphatic rings. The molecule has 1 aromatic heterocycles. The Morgan fingerprint density at radius 2 is 1.61 bits per heavy atom. The number of carbonyl (C=O) groups excluding carboxylic acids is 2. The molecule has 0 radical (unpaired) electrons. The van der Waals surface area contributed by atoms with Crippen molar-refractivity contribution >= 4 is 11.9 Å². The highest BCUT2D eigenvalue weighted by molar-refractivity contribution is 5.92. The molecule has 2 aromatic rings. The summed E-state index contributed by atoms with van der Waals surface area (Å²) >= 11 is 0. The van der Waals surface area contributed by atoms with Gasteiger partial charge in [0.05, 0.1) is 11.9 Å². The molecule has 2 heterocycles. The first-order chi connectivity index (χ1) is 13.7. The van der Waals surface area contributed by atoms with Gasteiger partial charge in [0, 0.05) is 32.2 Å². The first kappa shape index (κ1) is 18.5. The molecule has 1 saturated carbocycles. The van der Waals surface area contributed by atoms with Crippen LogP contribution in [-0.4, -0.2) is 69.0 Å². The molecule has 1 N–H and O–H groups in total. The van der Waals surface area contributed by atoms with Crippen molar-refractivity contribution in [3.63, 3.8) is 0 Å². The molecule has 2 fully saturated rings. The zero-order valence-electron chi connectivity index (χ0n) is 16.0. The van der Waals surface area contributed by atoms with Crippen LogP contribution in [0.3, 0.4) is 0 Å². The van der Waals surface area contributed by atoms with Crippen molar-refractivity contribution in [3.8, 4) is 5.69 Å². The molecule has 0 atom stereocenters. The van der Waals surface area contributed by atoms with Crippen LogP contribution < -0.4 is 5.32 Å². The molecule has 0 bridgehead atoms. The van der Waals surface area contributed by atoms with Gasteiger partial charge < -0.3 is 15.1 Å². The third kappa shape index (κ3) is 4.16. The number of piperazine rings is 1. The lowest BCUT2D eigenvalue weighted by molar-refractivity contribution is 0.0656. The van der Waals surface area contributed by atoms with Crippen molar-refractivity contribution in [2.75, 3.05) is 26.2 Å². The zero-order chi connectivity index (χ0) is 19.3. The lowest BCUT2D eigenvalue weighted by atomic mass is 9.96. The van der Waals surface area contributed by atoms with E-state index in [1.807, 2.05) is 30.3 Å². The summed E-state index contributed by atoms with van der Waals surface area (Å²) in [7, 11) is 0. The average Bonchev–Trinajstić information content (AvgIpc) is 3.25. The summed E-state index contributed by atoms with van der Waals surface area (Å²) in [6, 6.07) is 9.79. The summed E-state index contributed by atoms with van der Waals surface area (Å²) < 4.78 is 0. The molecule has 148 valence electrons. The quantitative estimate of drug-likeness (QED) is 0.881. The van der Waals surface area contributed by atoms with Crippen LogP contribution in [0.15, 0.2) is 36.5 Å². The van der Waals surface area contributed by atoms with Crippen LogP contribution in [0.5, 0.6) is 0 Å². The third-order valence-corrected chi connectivity index (χ3v) is 5.48. The lowest BCUT2D eigenvalue weighted by Gasteiger charge is -2.35. The molecule has 0 spiro atoms. The smallest absolute Gasteiger partial charge is 0.317 e. The fourth-order valence-electron chi connectivity index (χ4n) is 3.83. The van der Waals surface area contributed by atoms with Gasteiger partial charge in [0.25, 0.3) is 5.91 Å². The highest BCUT2D eigenvalue weighted by Gasteiger charge is 2.27. The van der Waals surface area contributed by atoms with Gasteiger partial charge in [-0.15, -0.1) is 5.10 Å². The van der Waals surface area contributed by atoms with Gasteiger partial charge in [0.1, 0.15) is 0 Å². The number of para-hydroxylation sites is 1. The maximum atomic E-state index is 12.7. The molecular weight excluding hydrogens is 356 g/mol. The van der Waals surface area contributed by atoms with Gasteiger partial charge in [0.2, 0.25) is 0 Å². The van der Waals surface area contributed by atoms with Gasteiger partial charge in [-0.2, -0.15) is 9.90 Å². The van der Waals surface area contributed by atoms with E-state index >= 15 is 0 Å². The number of hydrogen-bond acceptors (Lipinski definition) is 4. The normalized spacial score (nSPS) is 18.1. The van der Waals surface area contributed by atoms with E-state index in [0.717, 1.165) is 18.5 Å². The second-order valence-corrected chi connectivity index (χ2v) is 7.42. The second-order valence-electron chi connectivity index (χ2n) is 7.42. The van der Waals surface area contributed by atoms with Crippen molar-refractivity contribution in [2.24, 2.45) is 0 Å². The molecule has 1 saturated heterocycles. The van der Waals surface area contributed by atoms with E-state index in [2.05, 4.69) is 15.5 Å². The Morgan fingerprint density at radius 1 is 0.929 bits per heavy atom. The molecule has 3 amide bonds. The van der Waals surface area contributed by atoms with Crippen molar-refractivity contribution in [1.82, 2.24) is 30.1 Å². The summed E-state index contributed by atoms with van der Waals surface area (Å²) in [6.07, 6.45) is 7.29. The van der Waals surface area contributed by atoms with E-state index in [1.54, 1.807) is 9.80 Å². The molecule has 8 heteroatoms. The van der Waals surface area contributed by atoms with E-state index < -0.39 is 0 Å². The number of urea groups is 1. The lowest BCUT2D eigenvalue weighted by Crippen LogP contribution is -2.54. The molecular formula is C20H26N6O2. The van der Waals surface area contributed by atoms with E-state index in [-0.39, 0.29) is 11.9 Å². The largest absolute Gasteiger partial charge is 0.335 e. The van der Waals surface area contributed by atoms with Gasteiger partial charge in [-0.3, -0.25) is 4.79 Å². The Kier molecular flexibility index (Phi) is 5.55. The Labute approximate surface area is 164 Å². The van der Waals surface area contributed by atoms with Crippen LogP contribution in [0.2, 0.25) is 0 Å². The van der Waals surface area contributed by atoms with Crippen molar-refractivity contribution in [1.29, 1.82) is 0 Å². The minimum absolute atomic E-state index is 0.00554. The van der Waals surface area contributed by atoms with Crippen molar-refractivity contribution < 1.29 is 9.59 Å². The highest BCUT2D eigenvalue weighted by Crippen LogP contribution is 2.18. The standard InChI is InChI=1S/C20H26N6O2/c27-19(18-15-21-26(23-18)17-9-5-2-6-10-17)24-11-13-25(14-12-24)20(28)22-16-7-3-1-4-8-16/h2,5-6,9-10,15-16H,1,3-4,7-8,11-14H2,(H,22,28). The van der Waals surface area contributed by atoms with Gasteiger partial charge >= 0.3 is 6.03 Å². The zero-order valence-corrected chi connectivity index (χ0v) is 16.0. The first-order valence-electron chi connectivity index (χ1n) is 10.0. The fourth-order valence-corrected chi connectivity index (χ4v) is 3.83. The summed E-state index contributed by atoms with van der Waals surface area (Å²) in [5.74, 6) is -0.144. The number of carbonyl (C=O) groups is 2. The van der Waals surface area contributed by atoms with Crippen LogP contribution >= 0.6 is 0 Å².